The average Bonchev–Trinajstić information content (AvgIpc) is 2.45. The second-order valence-electron chi connectivity index (χ2n) is 4.36. The minimum absolute atomic E-state index is 0.0611. The van der Waals surface area contributed by atoms with E-state index in [1.807, 2.05) is 0 Å². The Morgan fingerprint density at radius 2 is 2.14 bits per heavy atom. The van der Waals surface area contributed by atoms with Gasteiger partial charge in [-0.25, -0.2) is 13.4 Å². The van der Waals surface area contributed by atoms with Gasteiger partial charge < -0.3 is 5.32 Å². The number of aromatic nitrogens is 2. The highest BCUT2D eigenvalue weighted by atomic mass is 35.5. The molecule has 0 bridgehead atoms. The standard InChI is InChI=1S/C12H11ClN4O4S/c1-22(20,21)11-3-2-4-14-10(11)7-16-12-9(13)5-8(6-15-12)17(18)19/h2-6H,7H2,1H3,(H,15,16). The highest BCUT2D eigenvalue weighted by molar-refractivity contribution is 7.90. The van der Waals surface area contributed by atoms with Gasteiger partial charge in [0.1, 0.15) is 12.0 Å². The highest BCUT2D eigenvalue weighted by Gasteiger charge is 2.15. The van der Waals surface area contributed by atoms with Gasteiger partial charge in [0, 0.05) is 18.5 Å². The molecule has 0 saturated heterocycles. The molecule has 0 saturated carbocycles. The number of hydrogen-bond acceptors (Lipinski definition) is 7. The van der Waals surface area contributed by atoms with Crippen molar-refractivity contribution < 1.29 is 13.3 Å². The van der Waals surface area contributed by atoms with Crippen molar-refractivity contribution in [3.63, 3.8) is 0 Å². The summed E-state index contributed by atoms with van der Waals surface area (Å²) >= 11 is 5.90. The van der Waals surface area contributed by atoms with Gasteiger partial charge in [0.2, 0.25) is 0 Å². The van der Waals surface area contributed by atoms with Crippen LogP contribution in [0.1, 0.15) is 5.69 Å². The molecule has 1 N–H and O–H groups in total. The Balaban J connectivity index is 2.23. The second-order valence-corrected chi connectivity index (χ2v) is 6.75. The first-order chi connectivity index (χ1) is 10.3. The summed E-state index contributed by atoms with van der Waals surface area (Å²) in [5.41, 5.74) is 0.0754. The van der Waals surface area contributed by atoms with Crippen LogP contribution in [0.3, 0.4) is 0 Å². The van der Waals surface area contributed by atoms with E-state index in [1.54, 1.807) is 0 Å². The Hall–Kier alpha value is -2.26. The molecule has 0 aliphatic heterocycles. The van der Waals surface area contributed by atoms with Crippen molar-refractivity contribution in [3.05, 3.63) is 51.4 Å². The van der Waals surface area contributed by atoms with E-state index in [0.717, 1.165) is 18.5 Å². The van der Waals surface area contributed by atoms with Gasteiger partial charge in [0.25, 0.3) is 5.69 Å². The van der Waals surface area contributed by atoms with Gasteiger partial charge in [-0.2, -0.15) is 0 Å². The summed E-state index contributed by atoms with van der Waals surface area (Å²) in [5.74, 6) is 0.206. The van der Waals surface area contributed by atoms with Gasteiger partial charge in [-0.15, -0.1) is 0 Å². The van der Waals surface area contributed by atoms with E-state index in [2.05, 4.69) is 15.3 Å². The van der Waals surface area contributed by atoms with Gasteiger partial charge >= 0.3 is 0 Å². The third-order valence-corrected chi connectivity index (χ3v) is 4.17. The third kappa shape index (κ3) is 3.68. The molecule has 0 unspecified atom stereocenters. The molecule has 116 valence electrons. The van der Waals surface area contributed by atoms with Crippen LogP contribution in [0.4, 0.5) is 11.5 Å². The lowest BCUT2D eigenvalue weighted by molar-refractivity contribution is -0.385. The van der Waals surface area contributed by atoms with Crippen LogP contribution in [0.5, 0.6) is 0 Å². The van der Waals surface area contributed by atoms with Crippen LogP contribution in [0.2, 0.25) is 5.02 Å². The van der Waals surface area contributed by atoms with Crippen LogP contribution in [0.25, 0.3) is 0 Å². The van der Waals surface area contributed by atoms with Crippen LogP contribution < -0.4 is 5.32 Å². The number of nitro groups is 1. The highest BCUT2D eigenvalue weighted by Crippen LogP contribution is 2.24. The number of halogens is 1. The van der Waals surface area contributed by atoms with E-state index in [1.165, 1.54) is 18.3 Å². The number of anilines is 1. The Labute approximate surface area is 131 Å². The molecule has 0 spiro atoms. The first kappa shape index (κ1) is 16.1. The monoisotopic (exact) mass is 342 g/mol. The van der Waals surface area contributed by atoms with Crippen molar-refractivity contribution in [2.75, 3.05) is 11.6 Å². The van der Waals surface area contributed by atoms with E-state index >= 15 is 0 Å². The topological polar surface area (TPSA) is 115 Å². The van der Waals surface area contributed by atoms with E-state index in [-0.39, 0.29) is 28.0 Å². The van der Waals surface area contributed by atoms with Crippen LogP contribution in [-0.2, 0) is 16.4 Å². The lowest BCUT2D eigenvalue weighted by atomic mass is 10.3. The predicted molar refractivity (Wildman–Crippen MR) is 80.6 cm³/mol. The zero-order chi connectivity index (χ0) is 16.3. The molecule has 0 aliphatic rings. The van der Waals surface area contributed by atoms with Crippen LogP contribution in [-0.4, -0.2) is 29.6 Å². The molecule has 2 aromatic heterocycles. The number of nitrogens with zero attached hydrogens (tertiary/aromatic N) is 3. The molecule has 0 atom stereocenters. The maximum atomic E-state index is 11.7. The summed E-state index contributed by atoms with van der Waals surface area (Å²) in [5, 5.41) is 13.5. The van der Waals surface area contributed by atoms with Gasteiger partial charge in [0.15, 0.2) is 9.84 Å². The molecular formula is C12H11ClN4O4S. The van der Waals surface area contributed by atoms with Gasteiger partial charge in [-0.05, 0) is 12.1 Å². The first-order valence-corrected chi connectivity index (χ1v) is 8.23. The summed E-state index contributed by atoms with van der Waals surface area (Å²) in [6, 6.07) is 4.13. The summed E-state index contributed by atoms with van der Waals surface area (Å²) in [7, 11) is -3.41. The normalized spacial score (nSPS) is 11.2. The van der Waals surface area contributed by atoms with Crippen LogP contribution in [0.15, 0.2) is 35.5 Å². The molecule has 0 fully saturated rings. The average molecular weight is 343 g/mol. The van der Waals surface area contributed by atoms with Gasteiger partial charge in [0.05, 0.1) is 27.1 Å². The number of nitrogens with one attached hydrogen (secondary N) is 1. The summed E-state index contributed by atoms with van der Waals surface area (Å²) < 4.78 is 23.3. The molecule has 2 rings (SSSR count). The zero-order valence-corrected chi connectivity index (χ0v) is 12.9. The Morgan fingerprint density at radius 3 is 2.73 bits per heavy atom. The quantitative estimate of drug-likeness (QED) is 0.653. The van der Waals surface area contributed by atoms with Crippen LogP contribution >= 0.6 is 11.6 Å². The lowest BCUT2D eigenvalue weighted by Gasteiger charge is -2.09. The molecular weight excluding hydrogens is 332 g/mol. The molecule has 2 aromatic rings. The third-order valence-electron chi connectivity index (χ3n) is 2.71. The van der Waals surface area contributed by atoms with Crippen molar-refractivity contribution in [3.8, 4) is 0 Å². The van der Waals surface area contributed by atoms with Gasteiger partial charge in [-0.3, -0.25) is 15.1 Å². The van der Waals surface area contributed by atoms with E-state index in [4.69, 9.17) is 11.6 Å². The molecule has 10 heteroatoms. The van der Waals surface area contributed by atoms with E-state index in [0.29, 0.717) is 5.69 Å². The molecule has 2 heterocycles. The first-order valence-electron chi connectivity index (χ1n) is 5.97. The maximum absolute atomic E-state index is 11.7. The molecule has 8 nitrogen and oxygen atoms in total. The lowest BCUT2D eigenvalue weighted by Crippen LogP contribution is -2.10. The van der Waals surface area contributed by atoms with Crippen molar-refractivity contribution >= 4 is 32.9 Å². The molecule has 0 aliphatic carbocycles. The fourth-order valence-electron chi connectivity index (χ4n) is 1.72. The number of sulfone groups is 1. The molecule has 0 aromatic carbocycles. The Kier molecular flexibility index (Phi) is 4.57. The molecule has 22 heavy (non-hydrogen) atoms. The van der Waals surface area contributed by atoms with E-state index < -0.39 is 14.8 Å². The minimum atomic E-state index is -3.41. The summed E-state index contributed by atoms with van der Waals surface area (Å²) in [4.78, 5) is 18.0. The largest absolute Gasteiger partial charge is 0.363 e. The smallest absolute Gasteiger partial charge is 0.289 e. The maximum Gasteiger partial charge on any atom is 0.289 e. The van der Waals surface area contributed by atoms with Crippen molar-refractivity contribution in [1.29, 1.82) is 0 Å². The molecule has 0 radical (unpaired) electrons. The Morgan fingerprint density at radius 1 is 1.41 bits per heavy atom. The predicted octanol–water partition coefficient (Wildman–Crippen LogP) is 2.05. The number of rotatable bonds is 5. The fourth-order valence-corrected chi connectivity index (χ4v) is 2.82. The Bertz CT molecular complexity index is 826. The molecule has 0 amide bonds. The van der Waals surface area contributed by atoms with Crippen molar-refractivity contribution in [2.45, 2.75) is 11.4 Å². The fraction of sp³-hybridized carbons (Fsp3) is 0.167. The SMILES string of the molecule is CS(=O)(=O)c1cccnc1CNc1ncc([N+](=O)[O-])cc1Cl. The van der Waals surface area contributed by atoms with Crippen LogP contribution in [0, 0.1) is 10.1 Å². The van der Waals surface area contributed by atoms with Crippen molar-refractivity contribution in [2.24, 2.45) is 0 Å². The summed E-state index contributed by atoms with van der Waals surface area (Å²) in [6.45, 7) is 0.0633. The van der Waals surface area contributed by atoms with Gasteiger partial charge in [-0.1, -0.05) is 11.6 Å². The number of hydrogen-bond donors (Lipinski definition) is 1. The minimum Gasteiger partial charge on any atom is -0.363 e. The second kappa shape index (κ2) is 6.24. The zero-order valence-electron chi connectivity index (χ0n) is 11.4. The number of pyridine rings is 2. The van der Waals surface area contributed by atoms with Crippen molar-refractivity contribution in [1.82, 2.24) is 9.97 Å². The van der Waals surface area contributed by atoms with E-state index in [9.17, 15) is 18.5 Å². The summed E-state index contributed by atoms with van der Waals surface area (Å²) in [6.07, 6.45) is 3.62.